The molecule has 12 aromatic rings. The fourth-order valence-corrected chi connectivity index (χ4v) is 15.2. The maximum atomic E-state index is 10.4. The molecule has 2 heterocycles. The van der Waals surface area contributed by atoms with Crippen LogP contribution >= 0.6 is 0 Å². The van der Waals surface area contributed by atoms with E-state index in [1.807, 2.05) is 66.7 Å². The fraction of sp³-hybridized carbons (Fsp3) is 0. The van der Waals surface area contributed by atoms with Crippen molar-refractivity contribution >= 4 is 56.3 Å². The minimum atomic E-state index is -2.92. The highest BCUT2D eigenvalue weighted by Gasteiger charge is 2.41. The minimum absolute atomic E-state index is 0.428. The SMILES string of the molecule is [C-]#[N+]c1ccc(-c2ccc3c4ccccc4n(-c4cc(-c5nc(-c6ccccc6)nc(-c6ccccc6)n5)ccc4-c4cccc([Si](c5ccccc5)(c5ccccc5)c5ccccc5)c4)c3c2)c(C#N)c1. The molecule has 0 unspecified atom stereocenters. The summed E-state index contributed by atoms with van der Waals surface area (Å²) in [4.78, 5) is 19.1. The van der Waals surface area contributed by atoms with Crippen molar-refractivity contribution in [1.82, 2.24) is 19.5 Å². The Balaban J connectivity index is 1.15. The monoisotopic (exact) mass is 934 g/mol. The van der Waals surface area contributed by atoms with Crippen LogP contribution < -0.4 is 20.7 Å². The summed E-state index contributed by atoms with van der Waals surface area (Å²) in [5.74, 6) is 1.72. The van der Waals surface area contributed by atoms with Crippen LogP contribution in [0.4, 0.5) is 5.69 Å². The van der Waals surface area contributed by atoms with Gasteiger partial charge in [-0.3, -0.25) is 0 Å². The maximum absolute atomic E-state index is 10.4. The lowest BCUT2D eigenvalue weighted by atomic mass is 9.98. The largest absolute Gasteiger partial charge is 0.309 e. The zero-order chi connectivity index (χ0) is 48.4. The van der Waals surface area contributed by atoms with Gasteiger partial charge in [0.2, 0.25) is 0 Å². The van der Waals surface area contributed by atoms with Crippen LogP contribution in [0.25, 0.3) is 88.8 Å². The zero-order valence-electron chi connectivity index (χ0n) is 38.9. The van der Waals surface area contributed by atoms with E-state index in [4.69, 9.17) is 21.5 Å². The molecule has 6 nitrogen and oxygen atoms in total. The summed E-state index contributed by atoms with van der Waals surface area (Å²) >= 11 is 0. The molecule has 72 heavy (non-hydrogen) atoms. The molecule has 0 aliphatic heterocycles. The average molecular weight is 935 g/mol. The molecule has 0 aliphatic rings. The molecule has 0 saturated carbocycles. The molecule has 2 aromatic heterocycles. The maximum Gasteiger partial charge on any atom is 0.188 e. The number of para-hydroxylation sites is 1. The van der Waals surface area contributed by atoms with E-state index in [9.17, 15) is 5.26 Å². The first-order chi connectivity index (χ1) is 35.6. The second-order valence-corrected chi connectivity index (χ2v) is 21.5. The smallest absolute Gasteiger partial charge is 0.188 e. The van der Waals surface area contributed by atoms with Crippen LogP contribution in [0.5, 0.6) is 0 Å². The molecule has 0 saturated heterocycles. The van der Waals surface area contributed by atoms with E-state index < -0.39 is 8.07 Å². The van der Waals surface area contributed by atoms with E-state index in [2.05, 4.69) is 191 Å². The molecule has 0 fully saturated rings. The normalized spacial score (nSPS) is 11.3. The van der Waals surface area contributed by atoms with Gasteiger partial charge < -0.3 is 4.57 Å². The zero-order valence-corrected chi connectivity index (χ0v) is 39.9. The third-order valence-electron chi connectivity index (χ3n) is 13.7. The summed E-state index contributed by atoms with van der Waals surface area (Å²) in [6, 6.07) is 91.5. The Labute approximate surface area is 418 Å². The van der Waals surface area contributed by atoms with E-state index in [0.717, 1.165) is 66.4 Å². The predicted molar refractivity (Wildman–Crippen MR) is 296 cm³/mol. The standard InChI is InChI=1S/C65H42N6Si/c1-67-51-36-39-56(50(40-51)44-66)48-34-38-59-58-32-17-18-33-60(58)71(62(59)42-48)61-43-49(65-69-63(45-20-7-2-8-21-45)68-64(70-65)46-22-9-3-10-23-46)35-37-57(61)47-24-19-31-55(41-47)72(52-25-11-4-12-26-52,53-27-13-5-14-28-53)54-29-15-6-16-30-54/h2-43H. The Kier molecular flexibility index (Phi) is 11.2. The number of fused-ring (bicyclic) bond motifs is 3. The summed E-state index contributed by atoms with van der Waals surface area (Å²) in [5.41, 5.74) is 10.1. The Morgan fingerprint density at radius 2 is 0.861 bits per heavy atom. The van der Waals surface area contributed by atoms with Gasteiger partial charge in [0, 0.05) is 38.6 Å². The lowest BCUT2D eigenvalue weighted by molar-refractivity contribution is 1.07. The van der Waals surface area contributed by atoms with E-state index in [0.29, 0.717) is 28.7 Å². The molecule has 0 N–H and O–H groups in total. The molecule has 10 aromatic carbocycles. The lowest BCUT2D eigenvalue weighted by Gasteiger charge is -2.34. The molecule has 0 amide bonds. The van der Waals surface area contributed by atoms with Crippen molar-refractivity contribution in [2.45, 2.75) is 0 Å². The van der Waals surface area contributed by atoms with Crippen LogP contribution in [0.15, 0.2) is 255 Å². The van der Waals surface area contributed by atoms with Gasteiger partial charge in [-0.15, -0.1) is 0 Å². The van der Waals surface area contributed by atoms with Gasteiger partial charge in [-0.25, -0.2) is 19.8 Å². The highest BCUT2D eigenvalue weighted by Crippen LogP contribution is 2.40. The van der Waals surface area contributed by atoms with Gasteiger partial charge in [0.25, 0.3) is 0 Å². The van der Waals surface area contributed by atoms with Crippen LogP contribution in [0.3, 0.4) is 0 Å². The summed E-state index contributed by atoms with van der Waals surface area (Å²) in [6.45, 7) is 7.65. The minimum Gasteiger partial charge on any atom is -0.309 e. The highest BCUT2D eigenvalue weighted by atomic mass is 28.3. The molecule has 0 aliphatic carbocycles. The van der Waals surface area contributed by atoms with Crippen molar-refractivity contribution in [2.75, 3.05) is 0 Å². The van der Waals surface area contributed by atoms with Gasteiger partial charge in [0.15, 0.2) is 31.2 Å². The fourth-order valence-electron chi connectivity index (χ4n) is 10.4. The molecular weight excluding hydrogens is 893 g/mol. The summed E-state index contributed by atoms with van der Waals surface area (Å²) in [6.07, 6.45) is 0. The number of hydrogen-bond acceptors (Lipinski definition) is 4. The second-order valence-electron chi connectivity index (χ2n) is 17.7. The van der Waals surface area contributed by atoms with Crippen LogP contribution in [0.1, 0.15) is 5.56 Å². The lowest BCUT2D eigenvalue weighted by Crippen LogP contribution is -2.74. The number of nitriles is 1. The van der Waals surface area contributed by atoms with Crippen molar-refractivity contribution in [3.63, 3.8) is 0 Å². The van der Waals surface area contributed by atoms with E-state index >= 15 is 0 Å². The highest BCUT2D eigenvalue weighted by molar-refractivity contribution is 7.19. The summed E-state index contributed by atoms with van der Waals surface area (Å²) in [5, 5.41) is 17.7. The molecule has 0 bridgehead atoms. The van der Waals surface area contributed by atoms with Crippen LogP contribution in [0, 0.1) is 17.9 Å². The molecule has 0 spiro atoms. The summed E-state index contributed by atoms with van der Waals surface area (Å²) < 4.78 is 2.35. The third-order valence-corrected chi connectivity index (χ3v) is 18.4. The molecular formula is C65H42N6Si. The first-order valence-corrected chi connectivity index (χ1v) is 25.8. The molecule has 336 valence electrons. The van der Waals surface area contributed by atoms with Crippen molar-refractivity contribution in [1.29, 1.82) is 5.26 Å². The van der Waals surface area contributed by atoms with Gasteiger partial charge in [-0.05, 0) is 61.7 Å². The van der Waals surface area contributed by atoms with Crippen LogP contribution in [-0.4, -0.2) is 27.6 Å². The van der Waals surface area contributed by atoms with Crippen LogP contribution in [0.2, 0.25) is 0 Å². The van der Waals surface area contributed by atoms with Crippen molar-refractivity contribution in [3.05, 3.63) is 272 Å². The van der Waals surface area contributed by atoms with Gasteiger partial charge in [-0.2, -0.15) is 5.26 Å². The van der Waals surface area contributed by atoms with Crippen LogP contribution in [-0.2, 0) is 0 Å². The van der Waals surface area contributed by atoms with E-state index in [1.54, 1.807) is 12.1 Å². The third kappa shape index (κ3) is 7.64. The number of aromatic nitrogens is 4. The molecule has 12 rings (SSSR count). The van der Waals surface area contributed by atoms with Crippen molar-refractivity contribution in [2.24, 2.45) is 0 Å². The second kappa shape index (κ2) is 18.6. The predicted octanol–water partition coefficient (Wildman–Crippen LogP) is 13.1. The topological polar surface area (TPSA) is 71.8 Å². The molecule has 0 atom stereocenters. The number of nitrogens with zero attached hydrogens (tertiary/aromatic N) is 6. The number of hydrogen-bond donors (Lipinski definition) is 0. The average Bonchev–Trinajstić information content (AvgIpc) is 3.80. The Morgan fingerprint density at radius 1 is 0.389 bits per heavy atom. The number of rotatable bonds is 10. The molecule has 0 radical (unpaired) electrons. The van der Waals surface area contributed by atoms with Gasteiger partial charge in [0.05, 0.1) is 29.4 Å². The number of benzene rings is 10. The Bertz CT molecular complexity index is 3900. The Hall–Kier alpha value is -9.79. The van der Waals surface area contributed by atoms with Gasteiger partial charge in [0.1, 0.15) is 0 Å². The van der Waals surface area contributed by atoms with E-state index in [-0.39, 0.29) is 0 Å². The van der Waals surface area contributed by atoms with E-state index in [1.165, 1.54) is 20.7 Å². The Morgan fingerprint density at radius 3 is 1.44 bits per heavy atom. The van der Waals surface area contributed by atoms with Gasteiger partial charge in [-0.1, -0.05) is 231 Å². The van der Waals surface area contributed by atoms with Crippen molar-refractivity contribution < 1.29 is 0 Å². The van der Waals surface area contributed by atoms with Crippen molar-refractivity contribution in [3.8, 4) is 68.2 Å². The quantitative estimate of drug-likeness (QED) is 0.0778. The first kappa shape index (κ1) is 43.5. The first-order valence-electron chi connectivity index (χ1n) is 23.8. The summed E-state index contributed by atoms with van der Waals surface area (Å²) in [7, 11) is -2.92. The molecule has 7 heteroatoms. The van der Waals surface area contributed by atoms with Gasteiger partial charge >= 0.3 is 0 Å².